The van der Waals surface area contributed by atoms with Crippen LogP contribution in [0.4, 0.5) is 0 Å². The van der Waals surface area contributed by atoms with Crippen molar-refractivity contribution in [2.24, 2.45) is 0 Å². The van der Waals surface area contributed by atoms with Gasteiger partial charge in [-0.1, -0.05) is 6.07 Å². The summed E-state index contributed by atoms with van der Waals surface area (Å²) in [5.74, 6) is 0.876. The molecule has 3 rings (SSSR count). The molecular formula is C14H15NO2S. The molecule has 1 aliphatic rings. The van der Waals surface area contributed by atoms with Crippen LogP contribution in [0.25, 0.3) is 10.4 Å². The minimum Gasteiger partial charge on any atom is -0.497 e. The van der Waals surface area contributed by atoms with Crippen molar-refractivity contribution >= 4 is 11.3 Å². The normalized spacial score (nSPS) is 13.7. The van der Waals surface area contributed by atoms with E-state index >= 15 is 0 Å². The Morgan fingerprint density at radius 2 is 2.28 bits per heavy atom. The number of ether oxygens (including phenoxy) is 1. The Kier molecular flexibility index (Phi) is 3.06. The summed E-state index contributed by atoms with van der Waals surface area (Å²) in [6, 6.07) is 6.23. The van der Waals surface area contributed by atoms with E-state index in [2.05, 4.69) is 17.1 Å². The van der Waals surface area contributed by atoms with Gasteiger partial charge in [0.05, 0.1) is 24.3 Å². The number of aliphatic hydroxyl groups is 1. The number of rotatable bonds is 2. The number of nitrogens with zero attached hydrogens (tertiary/aromatic N) is 1. The van der Waals surface area contributed by atoms with Crippen molar-refractivity contribution < 1.29 is 9.84 Å². The lowest BCUT2D eigenvalue weighted by atomic mass is 10.0. The van der Waals surface area contributed by atoms with Gasteiger partial charge in [-0.25, -0.2) is 4.98 Å². The average molecular weight is 261 g/mol. The Balaban J connectivity index is 2.18. The minimum absolute atomic E-state index is 0.0248. The molecule has 0 spiro atoms. The van der Waals surface area contributed by atoms with Crippen LogP contribution in [0.3, 0.4) is 0 Å². The summed E-state index contributed by atoms with van der Waals surface area (Å²) in [6.07, 6.45) is 3.18. The molecule has 18 heavy (non-hydrogen) atoms. The van der Waals surface area contributed by atoms with Gasteiger partial charge >= 0.3 is 0 Å². The van der Waals surface area contributed by atoms with Crippen molar-refractivity contribution in [2.75, 3.05) is 7.11 Å². The van der Waals surface area contributed by atoms with Crippen LogP contribution >= 0.6 is 11.3 Å². The number of benzene rings is 1. The molecule has 0 aliphatic heterocycles. The molecule has 94 valence electrons. The predicted molar refractivity (Wildman–Crippen MR) is 72.0 cm³/mol. The monoisotopic (exact) mass is 261 g/mol. The van der Waals surface area contributed by atoms with Gasteiger partial charge in [0.2, 0.25) is 0 Å². The molecule has 1 aromatic heterocycles. The van der Waals surface area contributed by atoms with Crippen molar-refractivity contribution in [2.45, 2.75) is 25.9 Å². The van der Waals surface area contributed by atoms with E-state index in [1.54, 1.807) is 18.4 Å². The maximum Gasteiger partial charge on any atom is 0.119 e. The first-order valence-corrected chi connectivity index (χ1v) is 6.90. The summed E-state index contributed by atoms with van der Waals surface area (Å²) in [5.41, 5.74) is 3.69. The number of hydrogen-bond donors (Lipinski definition) is 1. The van der Waals surface area contributed by atoms with Crippen LogP contribution < -0.4 is 4.74 Å². The van der Waals surface area contributed by atoms with Gasteiger partial charge in [0.25, 0.3) is 0 Å². The second-order valence-corrected chi connectivity index (χ2v) is 5.50. The van der Waals surface area contributed by atoms with Gasteiger partial charge in [0.1, 0.15) is 10.8 Å². The number of methoxy groups -OCH3 is 1. The largest absolute Gasteiger partial charge is 0.497 e. The standard InChI is InChI=1S/C14H15NO2S/c1-17-10-6-5-9-3-2-4-12-14(11(9)7-10)18-13(8-16)15-12/h5-7,16H,2-4,8H2,1H3. The molecule has 4 heteroatoms. The Labute approximate surface area is 110 Å². The highest BCUT2D eigenvalue weighted by Gasteiger charge is 2.19. The van der Waals surface area contributed by atoms with Gasteiger partial charge in [-0.05, 0) is 37.0 Å². The molecule has 1 aliphatic carbocycles. The minimum atomic E-state index is 0.0248. The molecule has 0 saturated heterocycles. The van der Waals surface area contributed by atoms with Gasteiger partial charge < -0.3 is 9.84 Å². The third-order valence-corrected chi connectivity index (χ3v) is 4.41. The lowest BCUT2D eigenvalue weighted by Gasteiger charge is -2.07. The Morgan fingerprint density at radius 3 is 3.06 bits per heavy atom. The molecule has 2 aromatic rings. The van der Waals surface area contributed by atoms with Gasteiger partial charge in [0.15, 0.2) is 0 Å². The summed E-state index contributed by atoms with van der Waals surface area (Å²) in [5, 5.41) is 10.0. The van der Waals surface area contributed by atoms with Crippen LogP contribution in [-0.2, 0) is 19.4 Å². The van der Waals surface area contributed by atoms with Gasteiger partial charge in [-0.2, -0.15) is 0 Å². The highest BCUT2D eigenvalue weighted by Crippen LogP contribution is 2.38. The molecule has 3 nitrogen and oxygen atoms in total. The predicted octanol–water partition coefficient (Wildman–Crippen LogP) is 2.80. The van der Waals surface area contributed by atoms with Gasteiger partial charge in [-0.15, -0.1) is 11.3 Å². The smallest absolute Gasteiger partial charge is 0.119 e. The van der Waals surface area contributed by atoms with Crippen LogP contribution in [0.15, 0.2) is 18.2 Å². The molecule has 0 bridgehead atoms. The second-order valence-electron chi connectivity index (χ2n) is 4.42. The molecule has 0 radical (unpaired) electrons. The van der Waals surface area contributed by atoms with Crippen molar-refractivity contribution in [1.82, 2.24) is 4.98 Å². The SMILES string of the molecule is COc1ccc2c(c1)-c1sc(CO)nc1CCC2. The fourth-order valence-corrected chi connectivity index (χ4v) is 3.43. The molecule has 0 unspecified atom stereocenters. The number of aromatic nitrogens is 1. The molecule has 0 atom stereocenters. The van der Waals surface area contributed by atoms with Gasteiger partial charge in [-0.3, -0.25) is 0 Å². The average Bonchev–Trinajstić information content (AvgIpc) is 2.75. The number of hydrogen-bond acceptors (Lipinski definition) is 4. The first-order valence-electron chi connectivity index (χ1n) is 6.08. The van der Waals surface area contributed by atoms with Crippen LogP contribution in [0, 0.1) is 0 Å². The molecule has 0 saturated carbocycles. The molecule has 1 aromatic carbocycles. The van der Waals surface area contributed by atoms with E-state index in [-0.39, 0.29) is 6.61 Å². The van der Waals surface area contributed by atoms with E-state index in [0.717, 1.165) is 35.7 Å². The van der Waals surface area contributed by atoms with E-state index < -0.39 is 0 Å². The Bertz CT molecular complexity index is 577. The van der Waals surface area contributed by atoms with Gasteiger partial charge in [0, 0.05) is 5.56 Å². The fraction of sp³-hybridized carbons (Fsp3) is 0.357. The lowest BCUT2D eigenvalue weighted by Crippen LogP contribution is -1.89. The zero-order valence-corrected chi connectivity index (χ0v) is 11.1. The van der Waals surface area contributed by atoms with E-state index in [4.69, 9.17) is 4.74 Å². The first-order chi connectivity index (χ1) is 8.81. The number of aryl methyl sites for hydroxylation is 2. The summed E-state index contributed by atoms with van der Waals surface area (Å²) in [6.45, 7) is 0.0248. The number of fused-ring (bicyclic) bond motifs is 3. The zero-order valence-electron chi connectivity index (χ0n) is 10.3. The molecular weight excluding hydrogens is 246 g/mol. The van der Waals surface area contributed by atoms with E-state index in [0.29, 0.717) is 0 Å². The summed E-state index contributed by atoms with van der Waals surface area (Å²) in [7, 11) is 1.69. The molecule has 1 heterocycles. The van der Waals surface area contributed by atoms with Crippen molar-refractivity contribution in [3.63, 3.8) is 0 Å². The Hall–Kier alpha value is -1.39. The third kappa shape index (κ3) is 1.91. The van der Waals surface area contributed by atoms with Crippen molar-refractivity contribution in [3.8, 4) is 16.2 Å². The molecule has 0 amide bonds. The van der Waals surface area contributed by atoms with Crippen LogP contribution in [0.2, 0.25) is 0 Å². The maximum atomic E-state index is 9.23. The highest BCUT2D eigenvalue weighted by atomic mass is 32.1. The van der Waals surface area contributed by atoms with E-state index in [1.807, 2.05) is 6.07 Å². The summed E-state index contributed by atoms with van der Waals surface area (Å²) in [4.78, 5) is 5.71. The van der Waals surface area contributed by atoms with E-state index in [9.17, 15) is 5.11 Å². The van der Waals surface area contributed by atoms with Crippen molar-refractivity contribution in [1.29, 1.82) is 0 Å². The summed E-state index contributed by atoms with van der Waals surface area (Å²) < 4.78 is 5.30. The number of aliphatic hydroxyl groups excluding tert-OH is 1. The topological polar surface area (TPSA) is 42.4 Å². The molecule has 0 fully saturated rings. The second kappa shape index (κ2) is 4.71. The number of thiazole rings is 1. The van der Waals surface area contributed by atoms with Crippen molar-refractivity contribution in [3.05, 3.63) is 34.5 Å². The van der Waals surface area contributed by atoms with Crippen LogP contribution in [-0.4, -0.2) is 17.2 Å². The lowest BCUT2D eigenvalue weighted by molar-refractivity contribution is 0.281. The Morgan fingerprint density at radius 1 is 1.39 bits per heavy atom. The quantitative estimate of drug-likeness (QED) is 0.904. The fourth-order valence-electron chi connectivity index (χ4n) is 2.41. The van der Waals surface area contributed by atoms with Crippen LogP contribution in [0.1, 0.15) is 22.7 Å². The zero-order chi connectivity index (χ0) is 12.5. The maximum absolute atomic E-state index is 9.23. The first kappa shape index (κ1) is 11.7. The van der Waals surface area contributed by atoms with Crippen LogP contribution in [0.5, 0.6) is 5.75 Å². The third-order valence-electron chi connectivity index (χ3n) is 3.30. The summed E-state index contributed by atoms with van der Waals surface area (Å²) >= 11 is 1.59. The molecule has 1 N–H and O–H groups in total. The van der Waals surface area contributed by atoms with E-state index in [1.165, 1.54) is 16.0 Å². The highest BCUT2D eigenvalue weighted by molar-refractivity contribution is 7.15.